The van der Waals surface area contributed by atoms with Crippen molar-refractivity contribution in [1.29, 1.82) is 0 Å². The lowest BCUT2D eigenvalue weighted by Crippen LogP contribution is -2.15. The van der Waals surface area contributed by atoms with Crippen LogP contribution in [-0.2, 0) is 6.42 Å². The highest BCUT2D eigenvalue weighted by atomic mass is 32.1. The number of thiazole rings is 1. The number of carboxylic acid groups (broad SMARTS) is 1. The summed E-state index contributed by atoms with van der Waals surface area (Å²) in [5, 5.41) is 10.1. The van der Waals surface area contributed by atoms with E-state index < -0.39 is 5.97 Å². The van der Waals surface area contributed by atoms with Crippen molar-refractivity contribution in [1.82, 2.24) is 9.88 Å². The Morgan fingerprint density at radius 3 is 2.71 bits per heavy atom. The summed E-state index contributed by atoms with van der Waals surface area (Å²) >= 11 is 1.35. The predicted molar refractivity (Wildman–Crippen MR) is 67.9 cm³/mol. The van der Waals surface area contributed by atoms with Crippen molar-refractivity contribution >= 4 is 17.3 Å². The summed E-state index contributed by atoms with van der Waals surface area (Å²) in [5.41, 5.74) is 0.836. The molecule has 1 aliphatic carbocycles. The molecule has 0 bridgehead atoms. The van der Waals surface area contributed by atoms with Crippen molar-refractivity contribution in [2.45, 2.75) is 31.6 Å². The van der Waals surface area contributed by atoms with E-state index in [2.05, 4.69) is 9.88 Å². The maximum atomic E-state index is 11.2. The maximum absolute atomic E-state index is 11.2. The molecule has 5 heteroatoms. The van der Waals surface area contributed by atoms with Crippen molar-refractivity contribution in [2.24, 2.45) is 0 Å². The van der Waals surface area contributed by atoms with Gasteiger partial charge in [0.15, 0.2) is 0 Å². The van der Waals surface area contributed by atoms with Crippen LogP contribution in [0.25, 0.3) is 0 Å². The van der Waals surface area contributed by atoms with Crippen LogP contribution in [0.4, 0.5) is 0 Å². The minimum atomic E-state index is -0.819. The number of hydrogen-bond acceptors (Lipinski definition) is 4. The van der Waals surface area contributed by atoms with Gasteiger partial charge in [-0.3, -0.25) is 0 Å². The van der Waals surface area contributed by atoms with Crippen molar-refractivity contribution in [3.63, 3.8) is 0 Å². The van der Waals surface area contributed by atoms with E-state index in [4.69, 9.17) is 0 Å². The Morgan fingerprint density at radius 1 is 1.53 bits per heavy atom. The van der Waals surface area contributed by atoms with Gasteiger partial charge in [0.1, 0.15) is 4.88 Å². The average Bonchev–Trinajstić information content (AvgIpc) is 2.56. The fourth-order valence-corrected chi connectivity index (χ4v) is 2.89. The molecular formula is C12H18N2O2S. The van der Waals surface area contributed by atoms with Crippen molar-refractivity contribution in [2.75, 3.05) is 20.6 Å². The first-order valence-corrected chi connectivity index (χ1v) is 6.77. The summed E-state index contributed by atoms with van der Waals surface area (Å²) in [6.45, 7) is 0.913. The van der Waals surface area contributed by atoms with Crippen molar-refractivity contribution in [3.05, 3.63) is 15.6 Å². The molecule has 0 aromatic carbocycles. The van der Waals surface area contributed by atoms with Crippen LogP contribution in [0.15, 0.2) is 0 Å². The molecule has 1 fully saturated rings. The number of likely N-dealkylation sites (N-methyl/N-ethyl adjacent to an activating group) is 1. The highest BCUT2D eigenvalue weighted by molar-refractivity contribution is 7.13. The molecule has 2 rings (SSSR count). The Bertz CT molecular complexity index is 411. The van der Waals surface area contributed by atoms with E-state index >= 15 is 0 Å². The third-order valence-corrected chi connectivity index (χ3v) is 4.28. The SMILES string of the molecule is CN(C)CCc1nc(C2CCC2)c(C(=O)O)s1. The van der Waals surface area contributed by atoms with Gasteiger partial charge >= 0.3 is 5.97 Å². The molecule has 1 aromatic heterocycles. The molecule has 0 amide bonds. The largest absolute Gasteiger partial charge is 0.477 e. The molecule has 0 radical (unpaired) electrons. The van der Waals surface area contributed by atoms with Gasteiger partial charge in [-0.15, -0.1) is 11.3 Å². The first-order chi connectivity index (χ1) is 8.08. The minimum absolute atomic E-state index is 0.394. The van der Waals surface area contributed by atoms with E-state index in [-0.39, 0.29) is 0 Å². The molecule has 1 N–H and O–H groups in total. The van der Waals surface area contributed by atoms with Crippen LogP contribution in [-0.4, -0.2) is 41.6 Å². The lowest BCUT2D eigenvalue weighted by atomic mass is 9.82. The Morgan fingerprint density at radius 2 is 2.24 bits per heavy atom. The number of aromatic carboxylic acids is 1. The van der Waals surface area contributed by atoms with E-state index in [0.717, 1.165) is 36.5 Å². The summed E-state index contributed by atoms with van der Waals surface area (Å²) in [4.78, 5) is 18.3. The number of nitrogens with zero attached hydrogens (tertiary/aromatic N) is 2. The van der Waals surface area contributed by atoms with Crippen LogP contribution in [0.3, 0.4) is 0 Å². The predicted octanol–water partition coefficient (Wildman–Crippen LogP) is 2.21. The molecule has 4 nitrogen and oxygen atoms in total. The van der Waals surface area contributed by atoms with Crippen LogP contribution in [0.5, 0.6) is 0 Å². The Balaban J connectivity index is 2.15. The first kappa shape index (κ1) is 12.5. The van der Waals surface area contributed by atoms with Gasteiger partial charge in [0.25, 0.3) is 0 Å². The number of aromatic nitrogens is 1. The molecule has 0 aliphatic heterocycles. The van der Waals surface area contributed by atoms with Gasteiger partial charge in [-0.05, 0) is 26.9 Å². The molecule has 0 atom stereocenters. The lowest BCUT2D eigenvalue weighted by molar-refractivity contribution is 0.0699. The molecule has 1 aliphatic rings. The fourth-order valence-electron chi connectivity index (χ4n) is 1.92. The quantitative estimate of drug-likeness (QED) is 0.875. The third-order valence-electron chi connectivity index (χ3n) is 3.16. The van der Waals surface area contributed by atoms with Gasteiger partial charge < -0.3 is 10.0 Å². The number of rotatable bonds is 5. The molecule has 94 valence electrons. The standard InChI is InChI=1S/C12H18N2O2S/c1-14(2)7-6-9-13-10(8-4-3-5-8)11(17-9)12(15)16/h8H,3-7H2,1-2H3,(H,15,16). The molecule has 1 aromatic rings. The maximum Gasteiger partial charge on any atom is 0.347 e. The number of carbonyl (C=O) groups is 1. The molecule has 0 spiro atoms. The molecular weight excluding hydrogens is 236 g/mol. The van der Waals surface area contributed by atoms with Crippen LogP contribution < -0.4 is 0 Å². The lowest BCUT2D eigenvalue weighted by Gasteiger charge is -2.23. The molecule has 1 heterocycles. The zero-order chi connectivity index (χ0) is 12.4. The summed E-state index contributed by atoms with van der Waals surface area (Å²) in [5.74, 6) is -0.425. The third kappa shape index (κ3) is 2.84. The van der Waals surface area contributed by atoms with Gasteiger partial charge in [-0.1, -0.05) is 6.42 Å². The van der Waals surface area contributed by atoms with E-state index in [9.17, 15) is 9.90 Å². The van der Waals surface area contributed by atoms with Gasteiger partial charge in [-0.25, -0.2) is 9.78 Å². The van der Waals surface area contributed by atoms with Crippen LogP contribution in [0.1, 0.15) is 45.6 Å². The summed E-state index contributed by atoms with van der Waals surface area (Å²) in [6.07, 6.45) is 4.23. The van der Waals surface area contributed by atoms with Gasteiger partial charge in [0, 0.05) is 18.9 Å². The van der Waals surface area contributed by atoms with Crippen molar-refractivity contribution < 1.29 is 9.90 Å². The highest BCUT2D eigenvalue weighted by Gasteiger charge is 2.28. The molecule has 0 unspecified atom stereocenters. The van der Waals surface area contributed by atoms with E-state index in [1.807, 2.05) is 14.1 Å². The van der Waals surface area contributed by atoms with Gasteiger partial charge in [-0.2, -0.15) is 0 Å². The van der Waals surface area contributed by atoms with E-state index in [1.54, 1.807) is 0 Å². The fraction of sp³-hybridized carbons (Fsp3) is 0.667. The number of carboxylic acids is 1. The second-order valence-electron chi connectivity index (χ2n) is 4.81. The molecule has 0 saturated heterocycles. The second-order valence-corrected chi connectivity index (χ2v) is 5.89. The monoisotopic (exact) mass is 254 g/mol. The highest BCUT2D eigenvalue weighted by Crippen LogP contribution is 2.39. The van der Waals surface area contributed by atoms with E-state index in [1.165, 1.54) is 17.8 Å². The van der Waals surface area contributed by atoms with Crippen LogP contribution >= 0.6 is 11.3 Å². The van der Waals surface area contributed by atoms with Crippen LogP contribution in [0.2, 0.25) is 0 Å². The average molecular weight is 254 g/mol. The zero-order valence-corrected chi connectivity index (χ0v) is 11.1. The molecule has 17 heavy (non-hydrogen) atoms. The Kier molecular flexibility index (Phi) is 3.79. The summed E-state index contributed by atoms with van der Waals surface area (Å²) in [6, 6.07) is 0. The summed E-state index contributed by atoms with van der Waals surface area (Å²) < 4.78 is 0. The number of hydrogen-bond donors (Lipinski definition) is 1. The topological polar surface area (TPSA) is 53.4 Å². The van der Waals surface area contributed by atoms with E-state index in [0.29, 0.717) is 10.8 Å². The Labute approximate surface area is 105 Å². The second kappa shape index (κ2) is 5.14. The zero-order valence-electron chi connectivity index (χ0n) is 10.3. The normalized spacial score (nSPS) is 16.2. The molecule has 1 saturated carbocycles. The summed E-state index contributed by atoms with van der Waals surface area (Å²) in [7, 11) is 4.02. The van der Waals surface area contributed by atoms with Crippen LogP contribution in [0, 0.1) is 0 Å². The minimum Gasteiger partial charge on any atom is -0.477 e. The van der Waals surface area contributed by atoms with Gasteiger partial charge in [0.2, 0.25) is 0 Å². The first-order valence-electron chi connectivity index (χ1n) is 5.95. The smallest absolute Gasteiger partial charge is 0.347 e. The Hall–Kier alpha value is -0.940. The van der Waals surface area contributed by atoms with Crippen molar-refractivity contribution in [3.8, 4) is 0 Å². The van der Waals surface area contributed by atoms with Gasteiger partial charge in [0.05, 0.1) is 10.7 Å².